The van der Waals surface area contributed by atoms with Gasteiger partial charge >= 0.3 is 0 Å². The third-order valence-corrected chi connectivity index (χ3v) is 9.01. The Balaban J connectivity index is 1.64. The summed E-state index contributed by atoms with van der Waals surface area (Å²) in [6.45, 7) is 2.85. The lowest BCUT2D eigenvalue weighted by molar-refractivity contribution is -0.181. The Morgan fingerprint density at radius 2 is 1.92 bits per heavy atom. The maximum Gasteiger partial charge on any atom is 0.235 e. The van der Waals surface area contributed by atoms with Crippen LogP contribution in [0.4, 0.5) is 0 Å². The van der Waals surface area contributed by atoms with E-state index in [-0.39, 0.29) is 23.8 Å². The minimum Gasteiger partial charge on any atom is -0.507 e. The van der Waals surface area contributed by atoms with Crippen LogP contribution in [0.5, 0.6) is 5.75 Å². The fourth-order valence-corrected chi connectivity index (χ4v) is 7.45. The van der Waals surface area contributed by atoms with Crippen molar-refractivity contribution in [3.8, 4) is 5.75 Å². The predicted molar refractivity (Wildman–Crippen MR) is 131 cm³/mol. The number of aromatic hydroxyl groups is 1. The molecule has 4 aliphatic rings. The molecule has 3 fully saturated rings. The Labute approximate surface area is 214 Å². The molecule has 0 aromatic heterocycles. The SMILES string of the molecule is CCc1c(C2CCCN2)cc(O)c2c1CC1CC3C(N(C)C)C(=O)C(C(N)=O)C(=O)C3(O)C(=O)C1C2=O. The Bertz CT molecular complexity index is 1230. The van der Waals surface area contributed by atoms with Gasteiger partial charge in [0.05, 0.1) is 17.5 Å². The van der Waals surface area contributed by atoms with Crippen LogP contribution in [0.1, 0.15) is 59.3 Å². The third kappa shape index (κ3) is 3.45. The highest BCUT2D eigenvalue weighted by molar-refractivity contribution is 6.32. The summed E-state index contributed by atoms with van der Waals surface area (Å²) in [6.07, 6.45) is 2.89. The molecule has 7 unspecified atom stereocenters. The monoisotopic (exact) mass is 511 g/mol. The molecular weight excluding hydrogens is 478 g/mol. The molecular formula is C27H33N3O7. The topological polar surface area (TPSA) is 167 Å². The van der Waals surface area contributed by atoms with E-state index in [4.69, 9.17) is 5.73 Å². The van der Waals surface area contributed by atoms with Gasteiger partial charge in [0, 0.05) is 12.0 Å². The van der Waals surface area contributed by atoms with Crippen molar-refractivity contribution >= 4 is 29.0 Å². The first-order chi connectivity index (χ1) is 17.4. The molecule has 198 valence electrons. The van der Waals surface area contributed by atoms with E-state index in [0.29, 0.717) is 18.4 Å². The van der Waals surface area contributed by atoms with Crippen molar-refractivity contribution in [3.63, 3.8) is 0 Å². The quantitative estimate of drug-likeness (QED) is 0.402. The van der Waals surface area contributed by atoms with Gasteiger partial charge in [-0.05, 0) is 81.4 Å². The molecule has 1 saturated heterocycles. The fourth-order valence-electron chi connectivity index (χ4n) is 7.45. The number of likely N-dealkylation sites (N-methyl/N-ethyl adjacent to an activating group) is 1. The third-order valence-electron chi connectivity index (χ3n) is 9.01. The predicted octanol–water partition coefficient (Wildman–Crippen LogP) is -0.146. The fraction of sp³-hybridized carbons (Fsp3) is 0.593. The number of phenols is 1. The summed E-state index contributed by atoms with van der Waals surface area (Å²) in [5, 5.41) is 26.1. The standard InChI is InChI=1S/C27H33N3O7/c1-4-12-13(16-6-5-7-29-16)10-17(31)19-14(12)8-11-9-15-21(30(2)3)23(33)20(26(28)36)25(35)27(15,37)24(34)18(11)22(19)32/h10-11,15-16,18,20-21,29,31,37H,4-9H2,1-3H3,(H2,28,36). The first-order valence-corrected chi connectivity index (χ1v) is 12.9. The maximum absolute atomic E-state index is 13.9. The highest BCUT2D eigenvalue weighted by atomic mass is 16.3. The number of aliphatic hydroxyl groups is 1. The van der Waals surface area contributed by atoms with Crippen LogP contribution >= 0.6 is 0 Å². The Hall–Kier alpha value is -2.95. The largest absolute Gasteiger partial charge is 0.507 e. The van der Waals surface area contributed by atoms with Crippen LogP contribution in [-0.4, -0.2) is 76.4 Å². The van der Waals surface area contributed by atoms with Crippen LogP contribution in [0.2, 0.25) is 0 Å². The van der Waals surface area contributed by atoms with E-state index in [2.05, 4.69) is 5.32 Å². The lowest BCUT2D eigenvalue weighted by Crippen LogP contribution is -2.74. The summed E-state index contributed by atoms with van der Waals surface area (Å²) in [4.78, 5) is 67.7. The van der Waals surface area contributed by atoms with E-state index in [9.17, 15) is 34.2 Å². The van der Waals surface area contributed by atoms with Gasteiger partial charge in [-0.3, -0.25) is 28.9 Å². The van der Waals surface area contributed by atoms with Gasteiger partial charge in [-0.2, -0.15) is 0 Å². The number of nitrogens with two attached hydrogens (primary N) is 1. The molecule has 7 atom stereocenters. The van der Waals surface area contributed by atoms with E-state index in [1.807, 2.05) is 6.92 Å². The number of fused-ring (bicyclic) bond motifs is 3. The Morgan fingerprint density at radius 1 is 1.22 bits per heavy atom. The van der Waals surface area contributed by atoms with Crippen molar-refractivity contribution in [1.29, 1.82) is 0 Å². The van der Waals surface area contributed by atoms with Crippen LogP contribution < -0.4 is 11.1 Å². The molecule has 1 heterocycles. The van der Waals surface area contributed by atoms with E-state index < -0.39 is 64.4 Å². The average Bonchev–Trinajstić information content (AvgIpc) is 3.35. The number of amides is 1. The number of phenolic OH excluding ortho intramolecular Hbond substituents is 1. The summed E-state index contributed by atoms with van der Waals surface area (Å²) in [7, 11) is 3.14. The molecule has 37 heavy (non-hydrogen) atoms. The number of nitrogens with one attached hydrogen (secondary N) is 1. The zero-order chi connectivity index (χ0) is 27.0. The number of carbonyl (C=O) groups excluding carboxylic acids is 5. The second kappa shape index (κ2) is 8.82. The van der Waals surface area contributed by atoms with Crippen LogP contribution in [0.3, 0.4) is 0 Å². The smallest absolute Gasteiger partial charge is 0.235 e. The van der Waals surface area contributed by atoms with Crippen molar-refractivity contribution in [2.24, 2.45) is 29.4 Å². The summed E-state index contributed by atoms with van der Waals surface area (Å²) >= 11 is 0. The summed E-state index contributed by atoms with van der Waals surface area (Å²) < 4.78 is 0. The van der Waals surface area contributed by atoms with E-state index >= 15 is 0 Å². The van der Waals surface area contributed by atoms with Gasteiger partial charge in [-0.1, -0.05) is 6.92 Å². The number of benzene rings is 1. The number of nitrogens with zero attached hydrogens (tertiary/aromatic N) is 1. The first-order valence-electron chi connectivity index (χ1n) is 12.9. The van der Waals surface area contributed by atoms with Crippen molar-refractivity contribution in [1.82, 2.24) is 10.2 Å². The van der Waals surface area contributed by atoms with E-state index in [1.54, 1.807) is 20.2 Å². The van der Waals surface area contributed by atoms with E-state index in [1.165, 1.54) is 4.90 Å². The number of hydrogen-bond acceptors (Lipinski definition) is 9. The Kier molecular flexibility index (Phi) is 6.12. The Morgan fingerprint density at radius 3 is 2.49 bits per heavy atom. The van der Waals surface area contributed by atoms with Gasteiger partial charge in [-0.25, -0.2) is 0 Å². The van der Waals surface area contributed by atoms with Crippen molar-refractivity contribution < 1.29 is 34.2 Å². The van der Waals surface area contributed by atoms with Gasteiger partial charge in [0.25, 0.3) is 0 Å². The number of carbonyl (C=O) groups is 5. The lowest BCUT2D eigenvalue weighted by atomic mass is 9.52. The minimum absolute atomic E-state index is 0.0553. The second-order valence-electron chi connectivity index (χ2n) is 11.1. The summed E-state index contributed by atoms with van der Waals surface area (Å²) in [5.41, 5.74) is 5.31. The highest BCUT2D eigenvalue weighted by Crippen LogP contribution is 2.51. The molecule has 1 aliphatic heterocycles. The molecule has 3 aliphatic carbocycles. The number of primary amides is 1. The van der Waals surface area contributed by atoms with Crippen molar-refractivity contribution in [3.05, 3.63) is 28.3 Å². The molecule has 0 radical (unpaired) electrons. The highest BCUT2D eigenvalue weighted by Gasteiger charge is 2.69. The molecule has 1 aromatic carbocycles. The molecule has 5 N–H and O–H groups in total. The van der Waals surface area contributed by atoms with Gasteiger partial charge in [0.1, 0.15) is 5.75 Å². The molecule has 0 bridgehead atoms. The molecule has 1 aromatic rings. The van der Waals surface area contributed by atoms with Crippen LogP contribution in [0, 0.1) is 23.7 Å². The number of hydrogen-bond donors (Lipinski definition) is 4. The normalized spacial score (nSPS) is 35.4. The minimum atomic E-state index is -2.70. The van der Waals surface area contributed by atoms with Crippen LogP contribution in [0.25, 0.3) is 0 Å². The van der Waals surface area contributed by atoms with Crippen molar-refractivity contribution in [2.75, 3.05) is 20.6 Å². The number of rotatable bonds is 4. The van der Waals surface area contributed by atoms with E-state index in [0.717, 1.165) is 30.5 Å². The first kappa shape index (κ1) is 25.7. The van der Waals surface area contributed by atoms with Crippen LogP contribution in [0.15, 0.2) is 6.07 Å². The zero-order valence-electron chi connectivity index (χ0n) is 21.2. The number of Topliss-reactive ketones (excluding diaryl/α,β-unsaturated/α-hetero) is 4. The second-order valence-corrected chi connectivity index (χ2v) is 11.1. The molecule has 1 amide bonds. The van der Waals surface area contributed by atoms with Gasteiger partial charge in [-0.15, -0.1) is 0 Å². The van der Waals surface area contributed by atoms with Gasteiger partial charge < -0.3 is 21.3 Å². The zero-order valence-corrected chi connectivity index (χ0v) is 21.2. The lowest BCUT2D eigenvalue weighted by Gasteiger charge is -2.52. The van der Waals surface area contributed by atoms with Gasteiger partial charge in [0.15, 0.2) is 34.7 Å². The molecule has 5 rings (SSSR count). The van der Waals surface area contributed by atoms with Crippen LogP contribution in [-0.2, 0) is 32.0 Å². The summed E-state index contributed by atoms with van der Waals surface area (Å²) in [5.74, 6) is -10.1. The summed E-state index contributed by atoms with van der Waals surface area (Å²) in [6, 6.07) is 0.559. The maximum atomic E-state index is 13.9. The molecule has 10 nitrogen and oxygen atoms in total. The number of ketones is 4. The molecule has 10 heteroatoms. The molecule has 0 spiro atoms. The average molecular weight is 512 g/mol. The van der Waals surface area contributed by atoms with Crippen molar-refractivity contribution in [2.45, 2.75) is 56.7 Å². The van der Waals surface area contributed by atoms with Gasteiger partial charge in [0.2, 0.25) is 5.91 Å². The molecule has 2 saturated carbocycles.